The number of hydrogen-bond acceptors (Lipinski definition) is 2. The van der Waals surface area contributed by atoms with Gasteiger partial charge in [-0.25, -0.2) is 0 Å². The van der Waals surface area contributed by atoms with Gasteiger partial charge in [0, 0.05) is 6.20 Å². The molecule has 114 valence electrons. The van der Waals surface area contributed by atoms with E-state index in [1.165, 1.54) is 25.7 Å². The first-order valence-electron chi connectivity index (χ1n) is 7.25. The van der Waals surface area contributed by atoms with E-state index in [4.69, 9.17) is 0 Å². The second kappa shape index (κ2) is 6.61. The quantitative estimate of drug-likeness (QED) is 0.870. The summed E-state index contributed by atoms with van der Waals surface area (Å²) in [6, 6.07) is 2.50. The minimum Gasteiger partial charge on any atom is -0.308 e. The SMILES string of the molecule is CC(CNCC(F)(F)F)Cc1ccn(C2CCCC2)n1. The normalized spacial score (nSPS) is 18.6. The van der Waals surface area contributed by atoms with Gasteiger partial charge in [0.2, 0.25) is 0 Å². The Morgan fingerprint density at radius 1 is 1.40 bits per heavy atom. The van der Waals surface area contributed by atoms with Crippen LogP contribution in [0.5, 0.6) is 0 Å². The molecule has 1 atom stereocenters. The topological polar surface area (TPSA) is 29.9 Å². The van der Waals surface area contributed by atoms with Gasteiger partial charge < -0.3 is 5.32 Å². The van der Waals surface area contributed by atoms with Gasteiger partial charge in [-0.3, -0.25) is 4.68 Å². The van der Waals surface area contributed by atoms with Crippen LogP contribution in [-0.4, -0.2) is 29.0 Å². The summed E-state index contributed by atoms with van der Waals surface area (Å²) in [6.07, 6.45) is 3.47. The lowest BCUT2D eigenvalue weighted by molar-refractivity contribution is -0.125. The Kier molecular flexibility index (Phi) is 5.07. The summed E-state index contributed by atoms with van der Waals surface area (Å²) in [6.45, 7) is 1.38. The fourth-order valence-corrected chi connectivity index (χ4v) is 2.75. The molecule has 0 aromatic carbocycles. The largest absolute Gasteiger partial charge is 0.401 e. The van der Waals surface area contributed by atoms with Crippen LogP contribution in [0, 0.1) is 5.92 Å². The van der Waals surface area contributed by atoms with Crippen molar-refractivity contribution in [1.29, 1.82) is 0 Å². The zero-order valence-electron chi connectivity index (χ0n) is 11.8. The molecule has 0 saturated heterocycles. The lowest BCUT2D eigenvalue weighted by Crippen LogP contribution is -2.32. The Hall–Kier alpha value is -1.04. The van der Waals surface area contributed by atoms with Gasteiger partial charge in [0.25, 0.3) is 0 Å². The van der Waals surface area contributed by atoms with E-state index in [1.54, 1.807) is 0 Å². The van der Waals surface area contributed by atoms with Crippen LogP contribution in [0.3, 0.4) is 0 Å². The Morgan fingerprint density at radius 3 is 2.75 bits per heavy atom. The van der Waals surface area contributed by atoms with Crippen LogP contribution in [0.15, 0.2) is 12.3 Å². The van der Waals surface area contributed by atoms with Gasteiger partial charge in [-0.2, -0.15) is 18.3 Å². The van der Waals surface area contributed by atoms with Crippen LogP contribution in [0.4, 0.5) is 13.2 Å². The molecule has 0 spiro atoms. The van der Waals surface area contributed by atoms with Crippen molar-refractivity contribution in [2.75, 3.05) is 13.1 Å². The molecule has 1 aliphatic carbocycles. The van der Waals surface area contributed by atoms with E-state index < -0.39 is 12.7 Å². The summed E-state index contributed by atoms with van der Waals surface area (Å²) in [5.74, 6) is 0.143. The van der Waals surface area contributed by atoms with Gasteiger partial charge >= 0.3 is 6.18 Å². The first-order chi connectivity index (χ1) is 9.44. The van der Waals surface area contributed by atoms with Gasteiger partial charge in [-0.05, 0) is 37.8 Å². The number of rotatable bonds is 6. The maximum absolute atomic E-state index is 12.0. The number of alkyl halides is 3. The highest BCUT2D eigenvalue weighted by atomic mass is 19.4. The highest BCUT2D eigenvalue weighted by Gasteiger charge is 2.26. The predicted molar refractivity (Wildman–Crippen MR) is 71.5 cm³/mol. The average molecular weight is 289 g/mol. The molecule has 1 unspecified atom stereocenters. The van der Waals surface area contributed by atoms with Crippen molar-refractivity contribution in [2.24, 2.45) is 5.92 Å². The summed E-state index contributed by atoms with van der Waals surface area (Å²) < 4.78 is 38.1. The molecular formula is C14H22F3N3. The molecule has 3 nitrogen and oxygen atoms in total. The number of halogens is 3. The van der Waals surface area contributed by atoms with Gasteiger partial charge in [0.1, 0.15) is 0 Å². The van der Waals surface area contributed by atoms with E-state index in [2.05, 4.69) is 10.4 Å². The third-order valence-corrected chi connectivity index (χ3v) is 3.74. The molecule has 1 saturated carbocycles. The third-order valence-electron chi connectivity index (χ3n) is 3.74. The van der Waals surface area contributed by atoms with Crippen LogP contribution in [0.2, 0.25) is 0 Å². The zero-order valence-corrected chi connectivity index (χ0v) is 11.8. The first-order valence-corrected chi connectivity index (χ1v) is 7.25. The van der Waals surface area contributed by atoms with Crippen molar-refractivity contribution in [3.63, 3.8) is 0 Å². The van der Waals surface area contributed by atoms with E-state index in [-0.39, 0.29) is 5.92 Å². The van der Waals surface area contributed by atoms with Gasteiger partial charge in [0.05, 0.1) is 18.3 Å². The van der Waals surface area contributed by atoms with Crippen molar-refractivity contribution >= 4 is 0 Å². The van der Waals surface area contributed by atoms with Crippen molar-refractivity contribution in [3.8, 4) is 0 Å². The molecule has 1 aromatic heterocycles. The second-order valence-electron chi connectivity index (χ2n) is 5.78. The van der Waals surface area contributed by atoms with Crippen molar-refractivity contribution in [2.45, 2.75) is 51.2 Å². The Labute approximate surface area is 117 Å². The molecule has 0 amide bonds. The molecule has 2 rings (SSSR count). The van der Waals surface area contributed by atoms with Crippen molar-refractivity contribution in [3.05, 3.63) is 18.0 Å². The molecule has 20 heavy (non-hydrogen) atoms. The average Bonchev–Trinajstić information content (AvgIpc) is 2.96. The standard InChI is InChI=1S/C14H22F3N3/c1-11(9-18-10-14(15,16)17)8-12-6-7-20(19-12)13-4-2-3-5-13/h6-7,11,13,18H,2-5,8-10H2,1H3. The van der Waals surface area contributed by atoms with Crippen molar-refractivity contribution in [1.82, 2.24) is 15.1 Å². The first kappa shape index (κ1) is 15.4. The summed E-state index contributed by atoms with van der Waals surface area (Å²) in [4.78, 5) is 0. The molecule has 1 aliphatic rings. The highest BCUT2D eigenvalue weighted by Crippen LogP contribution is 2.28. The number of nitrogens with zero attached hydrogens (tertiary/aromatic N) is 2. The maximum Gasteiger partial charge on any atom is 0.401 e. The lowest BCUT2D eigenvalue weighted by Gasteiger charge is -2.13. The third kappa shape index (κ3) is 4.81. The Morgan fingerprint density at radius 2 is 2.10 bits per heavy atom. The minimum absolute atomic E-state index is 0.143. The monoisotopic (exact) mass is 289 g/mol. The van der Waals surface area contributed by atoms with Crippen LogP contribution >= 0.6 is 0 Å². The number of hydrogen-bond donors (Lipinski definition) is 1. The zero-order chi connectivity index (χ0) is 14.6. The fourth-order valence-electron chi connectivity index (χ4n) is 2.75. The molecule has 1 aromatic rings. The molecule has 6 heteroatoms. The Bertz CT molecular complexity index is 408. The van der Waals surface area contributed by atoms with E-state index >= 15 is 0 Å². The lowest BCUT2D eigenvalue weighted by atomic mass is 10.1. The maximum atomic E-state index is 12.0. The van der Waals surface area contributed by atoms with Crippen LogP contribution in [-0.2, 0) is 6.42 Å². The Balaban J connectivity index is 1.75. The highest BCUT2D eigenvalue weighted by molar-refractivity contribution is 5.01. The molecule has 0 aliphatic heterocycles. The summed E-state index contributed by atoms with van der Waals surface area (Å²) in [7, 11) is 0. The minimum atomic E-state index is -4.14. The van der Waals surface area contributed by atoms with E-state index in [1.807, 2.05) is 23.9 Å². The van der Waals surface area contributed by atoms with Crippen LogP contribution in [0.25, 0.3) is 0 Å². The van der Waals surface area contributed by atoms with Gasteiger partial charge in [-0.1, -0.05) is 19.8 Å². The molecule has 0 bridgehead atoms. The molecular weight excluding hydrogens is 267 g/mol. The van der Waals surface area contributed by atoms with Crippen LogP contribution in [0.1, 0.15) is 44.3 Å². The summed E-state index contributed by atoms with van der Waals surface area (Å²) in [5.41, 5.74) is 0.971. The predicted octanol–water partition coefficient (Wildman–Crippen LogP) is 3.33. The molecule has 1 fully saturated rings. The fraction of sp³-hybridized carbons (Fsp3) is 0.786. The van der Waals surface area contributed by atoms with Crippen LogP contribution < -0.4 is 5.32 Å². The number of nitrogens with one attached hydrogen (secondary N) is 1. The van der Waals surface area contributed by atoms with E-state index in [9.17, 15) is 13.2 Å². The number of aromatic nitrogens is 2. The second-order valence-corrected chi connectivity index (χ2v) is 5.78. The van der Waals surface area contributed by atoms with Gasteiger partial charge in [0.15, 0.2) is 0 Å². The van der Waals surface area contributed by atoms with Gasteiger partial charge in [-0.15, -0.1) is 0 Å². The summed E-state index contributed by atoms with van der Waals surface area (Å²) in [5, 5.41) is 7.00. The molecule has 0 radical (unpaired) electrons. The van der Waals surface area contributed by atoms with E-state index in [0.29, 0.717) is 19.0 Å². The summed E-state index contributed by atoms with van der Waals surface area (Å²) >= 11 is 0. The molecule has 1 N–H and O–H groups in total. The smallest absolute Gasteiger partial charge is 0.308 e. The van der Waals surface area contributed by atoms with E-state index in [0.717, 1.165) is 5.69 Å². The molecule has 1 heterocycles. The van der Waals surface area contributed by atoms with Crippen molar-refractivity contribution < 1.29 is 13.2 Å².